The van der Waals surface area contributed by atoms with Crippen LogP contribution in [0.3, 0.4) is 0 Å². The molecule has 1 aromatic carbocycles. The van der Waals surface area contributed by atoms with Crippen molar-refractivity contribution < 1.29 is 9.90 Å². The molecule has 2 aromatic rings. The van der Waals surface area contributed by atoms with Gasteiger partial charge in [-0.15, -0.1) is 0 Å². The Bertz CT molecular complexity index is 556. The van der Waals surface area contributed by atoms with Crippen molar-refractivity contribution >= 4 is 16.9 Å². The third-order valence-electron chi connectivity index (χ3n) is 3.41. The Labute approximate surface area is 93.1 Å². The summed E-state index contributed by atoms with van der Waals surface area (Å²) in [6, 6.07) is 8.04. The van der Waals surface area contributed by atoms with Gasteiger partial charge in [0, 0.05) is 16.6 Å². The first-order chi connectivity index (χ1) is 7.77. The minimum atomic E-state index is -0.715. The van der Waals surface area contributed by atoms with Gasteiger partial charge in [-0.25, -0.2) is 0 Å². The molecule has 1 atom stereocenters. The van der Waals surface area contributed by atoms with Crippen LogP contribution < -0.4 is 0 Å². The van der Waals surface area contributed by atoms with Gasteiger partial charge in [-0.3, -0.25) is 4.79 Å². The highest BCUT2D eigenvalue weighted by Crippen LogP contribution is 2.35. The Balaban J connectivity index is 2.25. The van der Waals surface area contributed by atoms with E-state index in [1.165, 1.54) is 10.9 Å². The van der Waals surface area contributed by atoms with Crippen LogP contribution in [0.1, 0.15) is 30.0 Å². The molecule has 0 saturated heterocycles. The SMILES string of the molecule is O=C(O)[C@@H]1CCCc2c1[nH]c1ccccc21. The second-order valence-electron chi connectivity index (χ2n) is 4.35. The molecule has 1 heterocycles. The van der Waals surface area contributed by atoms with Crippen LogP contribution >= 0.6 is 0 Å². The first-order valence-electron chi connectivity index (χ1n) is 5.59. The molecule has 3 nitrogen and oxygen atoms in total. The number of carboxylic acids is 1. The number of fused-ring (bicyclic) bond motifs is 3. The third kappa shape index (κ3) is 1.24. The van der Waals surface area contributed by atoms with Crippen LogP contribution in [-0.4, -0.2) is 16.1 Å². The van der Waals surface area contributed by atoms with Crippen molar-refractivity contribution in [1.82, 2.24) is 4.98 Å². The highest BCUT2D eigenvalue weighted by Gasteiger charge is 2.28. The fourth-order valence-corrected chi connectivity index (χ4v) is 2.66. The predicted molar refractivity (Wildman–Crippen MR) is 61.6 cm³/mol. The summed E-state index contributed by atoms with van der Waals surface area (Å²) >= 11 is 0. The van der Waals surface area contributed by atoms with E-state index in [0.717, 1.165) is 30.5 Å². The lowest BCUT2D eigenvalue weighted by atomic mass is 9.87. The molecule has 1 aliphatic rings. The summed E-state index contributed by atoms with van der Waals surface area (Å²) in [5, 5.41) is 10.4. The van der Waals surface area contributed by atoms with E-state index >= 15 is 0 Å². The molecule has 0 radical (unpaired) electrons. The van der Waals surface area contributed by atoms with Crippen molar-refractivity contribution in [1.29, 1.82) is 0 Å². The largest absolute Gasteiger partial charge is 0.481 e. The molecule has 0 unspecified atom stereocenters. The summed E-state index contributed by atoms with van der Waals surface area (Å²) in [5.74, 6) is -1.07. The molecular weight excluding hydrogens is 202 g/mol. The average Bonchev–Trinajstić information content (AvgIpc) is 2.67. The van der Waals surface area contributed by atoms with Gasteiger partial charge in [-0.2, -0.15) is 0 Å². The zero-order valence-corrected chi connectivity index (χ0v) is 8.86. The number of nitrogens with one attached hydrogen (secondary N) is 1. The normalized spacial score (nSPS) is 19.6. The Hall–Kier alpha value is -1.77. The Morgan fingerprint density at radius 1 is 1.38 bits per heavy atom. The first kappa shape index (κ1) is 9.46. The fourth-order valence-electron chi connectivity index (χ4n) is 2.66. The van der Waals surface area contributed by atoms with Gasteiger partial charge in [0.25, 0.3) is 0 Å². The molecule has 3 heteroatoms. The predicted octanol–water partition coefficient (Wildman–Crippen LogP) is 2.67. The molecular formula is C13H13NO2. The number of carbonyl (C=O) groups is 1. The quantitative estimate of drug-likeness (QED) is 0.768. The number of para-hydroxylation sites is 1. The van der Waals surface area contributed by atoms with E-state index in [2.05, 4.69) is 11.1 Å². The van der Waals surface area contributed by atoms with Gasteiger partial charge in [0.05, 0.1) is 5.92 Å². The van der Waals surface area contributed by atoms with Gasteiger partial charge in [0.1, 0.15) is 0 Å². The number of aromatic nitrogens is 1. The van der Waals surface area contributed by atoms with Crippen molar-refractivity contribution in [3.63, 3.8) is 0 Å². The minimum Gasteiger partial charge on any atom is -0.481 e. The van der Waals surface area contributed by atoms with Crippen LogP contribution in [0.15, 0.2) is 24.3 Å². The summed E-state index contributed by atoms with van der Waals surface area (Å²) in [7, 11) is 0. The smallest absolute Gasteiger partial charge is 0.312 e. The summed E-state index contributed by atoms with van der Waals surface area (Å²) in [5.41, 5.74) is 3.18. The average molecular weight is 215 g/mol. The van der Waals surface area contributed by atoms with E-state index in [0.29, 0.717) is 0 Å². The van der Waals surface area contributed by atoms with Crippen LogP contribution in [0.2, 0.25) is 0 Å². The molecule has 82 valence electrons. The number of benzene rings is 1. The molecule has 0 aliphatic heterocycles. The van der Waals surface area contributed by atoms with E-state index < -0.39 is 5.97 Å². The molecule has 16 heavy (non-hydrogen) atoms. The lowest BCUT2D eigenvalue weighted by Gasteiger charge is -2.18. The van der Waals surface area contributed by atoms with Crippen molar-refractivity contribution in [3.8, 4) is 0 Å². The Morgan fingerprint density at radius 2 is 2.19 bits per heavy atom. The zero-order valence-electron chi connectivity index (χ0n) is 8.86. The standard InChI is InChI=1S/C13H13NO2/c15-13(16)10-6-3-5-9-8-4-1-2-7-11(8)14-12(9)10/h1-2,4,7,10,14H,3,5-6H2,(H,15,16)/t10-/m1/s1. The Morgan fingerprint density at radius 3 is 3.00 bits per heavy atom. The number of aromatic amines is 1. The minimum absolute atomic E-state index is 0.351. The number of carboxylic acid groups (broad SMARTS) is 1. The molecule has 1 aromatic heterocycles. The van der Waals surface area contributed by atoms with E-state index in [4.69, 9.17) is 0 Å². The Kier molecular flexibility index (Phi) is 1.99. The summed E-state index contributed by atoms with van der Waals surface area (Å²) in [4.78, 5) is 14.4. The van der Waals surface area contributed by atoms with Crippen LogP contribution in [0, 0.1) is 0 Å². The monoisotopic (exact) mass is 215 g/mol. The van der Waals surface area contributed by atoms with Crippen LogP contribution in [0.5, 0.6) is 0 Å². The second kappa shape index (κ2) is 3.37. The lowest BCUT2D eigenvalue weighted by molar-refractivity contribution is -0.139. The van der Waals surface area contributed by atoms with Gasteiger partial charge in [-0.05, 0) is 30.9 Å². The fraction of sp³-hybridized carbons (Fsp3) is 0.308. The highest BCUT2D eigenvalue weighted by atomic mass is 16.4. The molecule has 0 fully saturated rings. The molecule has 0 amide bonds. The van der Waals surface area contributed by atoms with Gasteiger partial charge in [0.15, 0.2) is 0 Å². The van der Waals surface area contributed by atoms with E-state index in [9.17, 15) is 9.90 Å². The van der Waals surface area contributed by atoms with Gasteiger partial charge < -0.3 is 10.1 Å². The topological polar surface area (TPSA) is 53.1 Å². The number of rotatable bonds is 1. The van der Waals surface area contributed by atoms with E-state index in [1.54, 1.807) is 0 Å². The van der Waals surface area contributed by atoms with Gasteiger partial charge in [-0.1, -0.05) is 18.2 Å². The van der Waals surface area contributed by atoms with Crippen molar-refractivity contribution in [2.75, 3.05) is 0 Å². The molecule has 2 N–H and O–H groups in total. The highest BCUT2D eigenvalue weighted by molar-refractivity contribution is 5.88. The lowest BCUT2D eigenvalue weighted by Crippen LogP contribution is -2.17. The molecule has 3 rings (SSSR count). The molecule has 1 aliphatic carbocycles. The maximum atomic E-state index is 11.2. The van der Waals surface area contributed by atoms with Crippen LogP contribution in [0.4, 0.5) is 0 Å². The van der Waals surface area contributed by atoms with Gasteiger partial charge >= 0.3 is 5.97 Å². The second-order valence-corrected chi connectivity index (χ2v) is 4.35. The van der Waals surface area contributed by atoms with Crippen molar-refractivity contribution in [2.45, 2.75) is 25.2 Å². The molecule has 0 spiro atoms. The summed E-state index contributed by atoms with van der Waals surface area (Å²) in [6.45, 7) is 0. The number of aliphatic carboxylic acids is 1. The van der Waals surface area contributed by atoms with E-state index in [1.807, 2.05) is 18.2 Å². The first-order valence-corrected chi connectivity index (χ1v) is 5.59. The van der Waals surface area contributed by atoms with Crippen molar-refractivity contribution in [3.05, 3.63) is 35.5 Å². The third-order valence-corrected chi connectivity index (χ3v) is 3.41. The van der Waals surface area contributed by atoms with Crippen molar-refractivity contribution in [2.24, 2.45) is 0 Å². The maximum absolute atomic E-state index is 11.2. The zero-order chi connectivity index (χ0) is 11.1. The maximum Gasteiger partial charge on any atom is 0.312 e. The molecule has 0 saturated carbocycles. The number of aryl methyl sites for hydroxylation is 1. The van der Waals surface area contributed by atoms with Gasteiger partial charge in [0.2, 0.25) is 0 Å². The summed E-state index contributed by atoms with van der Waals surface area (Å²) in [6.07, 6.45) is 2.70. The number of H-pyrrole nitrogens is 1. The number of hydrogen-bond donors (Lipinski definition) is 2. The molecule has 0 bridgehead atoms. The summed E-state index contributed by atoms with van der Waals surface area (Å²) < 4.78 is 0. The van der Waals surface area contributed by atoms with E-state index in [-0.39, 0.29) is 5.92 Å². The van der Waals surface area contributed by atoms with Crippen LogP contribution in [-0.2, 0) is 11.2 Å². The number of hydrogen-bond acceptors (Lipinski definition) is 1. The van der Waals surface area contributed by atoms with Crippen LogP contribution in [0.25, 0.3) is 10.9 Å².